The highest BCUT2D eigenvalue weighted by Crippen LogP contribution is 2.28. The van der Waals surface area contributed by atoms with Gasteiger partial charge in [0.05, 0.1) is 19.1 Å². The molecule has 2 aromatic carbocycles. The van der Waals surface area contributed by atoms with E-state index in [2.05, 4.69) is 10.6 Å². The monoisotopic (exact) mass is 545 g/mol. The van der Waals surface area contributed by atoms with Crippen molar-refractivity contribution in [3.63, 3.8) is 0 Å². The third kappa shape index (κ3) is 7.26. The molecule has 9 nitrogen and oxygen atoms in total. The van der Waals surface area contributed by atoms with E-state index in [9.17, 15) is 18.0 Å². The number of rotatable bonds is 11. The number of ether oxygens (including phenoxy) is 2. The summed E-state index contributed by atoms with van der Waals surface area (Å²) in [7, 11) is -0.443. The Hall–Kier alpha value is -3.11. The van der Waals surface area contributed by atoms with Crippen LogP contribution in [0.1, 0.15) is 37.8 Å². The summed E-state index contributed by atoms with van der Waals surface area (Å²) in [6, 6.07) is 11.7. The molecule has 1 fully saturated rings. The SMILES string of the molecule is COc1ccc(CCNC(=O)[C@H](NC(=O)C2CCN(S(=O)(=O)c3ccc(C)cc3)CC2)C(C)C)cc1OC. The maximum atomic E-state index is 13.0. The summed E-state index contributed by atoms with van der Waals surface area (Å²) in [5.74, 6) is 0.351. The molecule has 208 valence electrons. The molecule has 1 aliphatic heterocycles. The highest BCUT2D eigenvalue weighted by Gasteiger charge is 2.34. The minimum atomic E-state index is -3.60. The Bertz CT molecular complexity index is 1210. The van der Waals surface area contributed by atoms with Gasteiger partial charge in [0.15, 0.2) is 11.5 Å². The predicted octanol–water partition coefficient (Wildman–Crippen LogP) is 2.91. The fraction of sp³-hybridized carbons (Fsp3) is 0.500. The van der Waals surface area contributed by atoms with Gasteiger partial charge in [-0.05, 0) is 61.9 Å². The molecule has 2 amide bonds. The van der Waals surface area contributed by atoms with Crippen molar-refractivity contribution in [1.82, 2.24) is 14.9 Å². The lowest BCUT2D eigenvalue weighted by Crippen LogP contribution is -2.52. The van der Waals surface area contributed by atoms with E-state index in [1.54, 1.807) is 38.5 Å². The summed E-state index contributed by atoms with van der Waals surface area (Å²) in [5.41, 5.74) is 1.98. The van der Waals surface area contributed by atoms with Gasteiger partial charge >= 0.3 is 0 Å². The average molecular weight is 546 g/mol. The molecule has 0 bridgehead atoms. The third-order valence-corrected chi connectivity index (χ3v) is 8.80. The maximum Gasteiger partial charge on any atom is 0.243 e. The zero-order chi connectivity index (χ0) is 27.9. The van der Waals surface area contributed by atoms with Crippen LogP contribution in [-0.4, -0.2) is 64.4 Å². The predicted molar refractivity (Wildman–Crippen MR) is 146 cm³/mol. The van der Waals surface area contributed by atoms with Crippen molar-refractivity contribution in [3.8, 4) is 11.5 Å². The molecule has 1 aliphatic rings. The largest absolute Gasteiger partial charge is 0.493 e. The van der Waals surface area contributed by atoms with Gasteiger partial charge in [-0.2, -0.15) is 4.31 Å². The van der Waals surface area contributed by atoms with Crippen molar-refractivity contribution in [3.05, 3.63) is 53.6 Å². The van der Waals surface area contributed by atoms with Crippen LogP contribution in [0.5, 0.6) is 11.5 Å². The number of piperidine rings is 1. The molecule has 2 aromatic rings. The quantitative estimate of drug-likeness (QED) is 0.449. The number of sulfonamides is 1. The normalized spacial score (nSPS) is 15.6. The maximum absolute atomic E-state index is 13.0. The molecule has 0 saturated carbocycles. The van der Waals surface area contributed by atoms with Crippen LogP contribution in [0.2, 0.25) is 0 Å². The number of hydrogen-bond donors (Lipinski definition) is 2. The first-order valence-electron chi connectivity index (χ1n) is 12.9. The average Bonchev–Trinajstić information content (AvgIpc) is 2.91. The smallest absolute Gasteiger partial charge is 0.243 e. The van der Waals surface area contributed by atoms with E-state index in [0.717, 1.165) is 11.1 Å². The number of amides is 2. The molecule has 0 radical (unpaired) electrons. The molecule has 0 spiro atoms. The van der Waals surface area contributed by atoms with Crippen LogP contribution in [-0.2, 0) is 26.0 Å². The lowest BCUT2D eigenvalue weighted by molar-refractivity contribution is -0.132. The lowest BCUT2D eigenvalue weighted by Gasteiger charge is -2.32. The summed E-state index contributed by atoms with van der Waals surface area (Å²) in [4.78, 5) is 26.2. The van der Waals surface area contributed by atoms with Crippen LogP contribution in [0.3, 0.4) is 0 Å². The summed E-state index contributed by atoms with van der Waals surface area (Å²) in [6.45, 7) is 6.60. The molecule has 3 rings (SSSR count). The van der Waals surface area contributed by atoms with Gasteiger partial charge in [0, 0.05) is 25.6 Å². The Morgan fingerprint density at radius 3 is 2.21 bits per heavy atom. The summed E-state index contributed by atoms with van der Waals surface area (Å²) < 4.78 is 37.9. The Labute approximate surface area is 225 Å². The van der Waals surface area contributed by atoms with Gasteiger partial charge in [-0.1, -0.05) is 37.6 Å². The van der Waals surface area contributed by atoms with E-state index >= 15 is 0 Å². The standard InChI is InChI=1S/C28H39N3O6S/c1-19(2)26(28(33)29-15-12-21-8-11-24(36-4)25(18-21)37-5)30-27(32)22-13-16-31(17-14-22)38(34,35)23-9-6-20(3)7-10-23/h6-11,18-19,22,26H,12-17H2,1-5H3,(H,29,33)(H,30,32)/t26-/m1/s1. The number of benzene rings is 2. The number of nitrogens with zero attached hydrogens (tertiary/aromatic N) is 1. The lowest BCUT2D eigenvalue weighted by atomic mass is 9.95. The fourth-order valence-corrected chi connectivity index (χ4v) is 5.97. The molecule has 1 atom stereocenters. The van der Waals surface area contributed by atoms with Gasteiger partial charge in [0.2, 0.25) is 21.8 Å². The van der Waals surface area contributed by atoms with E-state index < -0.39 is 16.1 Å². The number of aryl methyl sites for hydroxylation is 1. The van der Waals surface area contributed by atoms with E-state index in [1.165, 1.54) is 4.31 Å². The Morgan fingerprint density at radius 1 is 1.00 bits per heavy atom. The second-order valence-corrected chi connectivity index (χ2v) is 11.9. The number of hydrogen-bond acceptors (Lipinski definition) is 6. The van der Waals surface area contributed by atoms with E-state index in [1.807, 2.05) is 39.0 Å². The summed E-state index contributed by atoms with van der Waals surface area (Å²) >= 11 is 0. The van der Waals surface area contributed by atoms with Crippen molar-refractivity contribution in [1.29, 1.82) is 0 Å². The van der Waals surface area contributed by atoms with Crippen molar-refractivity contribution < 1.29 is 27.5 Å². The molecule has 10 heteroatoms. The topological polar surface area (TPSA) is 114 Å². The summed E-state index contributed by atoms with van der Waals surface area (Å²) in [6.07, 6.45) is 1.41. The number of carbonyl (C=O) groups excluding carboxylic acids is 2. The zero-order valence-electron chi connectivity index (χ0n) is 22.8. The van der Waals surface area contributed by atoms with Crippen LogP contribution in [0, 0.1) is 18.8 Å². The number of carbonyl (C=O) groups is 2. The molecular formula is C28H39N3O6S. The number of nitrogens with one attached hydrogen (secondary N) is 2. The van der Waals surface area contributed by atoms with Gasteiger partial charge in [-0.15, -0.1) is 0 Å². The van der Waals surface area contributed by atoms with Crippen molar-refractivity contribution >= 4 is 21.8 Å². The zero-order valence-corrected chi connectivity index (χ0v) is 23.6. The van der Waals surface area contributed by atoms with Gasteiger partial charge in [0.25, 0.3) is 0 Å². The van der Waals surface area contributed by atoms with Crippen LogP contribution in [0.4, 0.5) is 0 Å². The van der Waals surface area contributed by atoms with Crippen molar-refractivity contribution in [2.24, 2.45) is 11.8 Å². The number of methoxy groups -OCH3 is 2. The van der Waals surface area contributed by atoms with Crippen LogP contribution in [0.15, 0.2) is 47.4 Å². The van der Waals surface area contributed by atoms with E-state index in [4.69, 9.17) is 9.47 Å². The first-order chi connectivity index (χ1) is 18.1. The van der Waals surface area contributed by atoms with Crippen LogP contribution < -0.4 is 20.1 Å². The minimum Gasteiger partial charge on any atom is -0.493 e. The van der Waals surface area contributed by atoms with Crippen LogP contribution >= 0.6 is 0 Å². The molecule has 1 saturated heterocycles. The molecular weight excluding hydrogens is 506 g/mol. The molecule has 0 unspecified atom stereocenters. The van der Waals surface area contributed by atoms with Gasteiger partial charge in [0.1, 0.15) is 6.04 Å². The Balaban J connectivity index is 1.52. The van der Waals surface area contributed by atoms with Gasteiger partial charge < -0.3 is 20.1 Å². The highest BCUT2D eigenvalue weighted by molar-refractivity contribution is 7.89. The van der Waals surface area contributed by atoms with Gasteiger partial charge in [-0.25, -0.2) is 8.42 Å². The van der Waals surface area contributed by atoms with Crippen molar-refractivity contribution in [2.45, 2.75) is 51.0 Å². The van der Waals surface area contributed by atoms with E-state index in [0.29, 0.717) is 37.3 Å². The molecule has 0 aromatic heterocycles. The molecule has 38 heavy (non-hydrogen) atoms. The fourth-order valence-electron chi connectivity index (χ4n) is 4.50. The first kappa shape index (κ1) is 29.4. The Morgan fingerprint density at radius 2 is 1.63 bits per heavy atom. The first-order valence-corrected chi connectivity index (χ1v) is 14.4. The second-order valence-electron chi connectivity index (χ2n) is 9.95. The highest BCUT2D eigenvalue weighted by atomic mass is 32.2. The summed E-state index contributed by atoms with van der Waals surface area (Å²) in [5, 5.41) is 5.83. The second kappa shape index (κ2) is 13.1. The molecule has 1 heterocycles. The van der Waals surface area contributed by atoms with Crippen LogP contribution in [0.25, 0.3) is 0 Å². The van der Waals surface area contributed by atoms with Gasteiger partial charge in [-0.3, -0.25) is 9.59 Å². The third-order valence-electron chi connectivity index (χ3n) is 6.89. The molecule has 0 aliphatic carbocycles. The Kier molecular flexibility index (Phi) is 10.2. The van der Waals surface area contributed by atoms with Crippen molar-refractivity contribution in [2.75, 3.05) is 33.9 Å². The van der Waals surface area contributed by atoms with E-state index in [-0.39, 0.29) is 41.6 Å². The molecule has 2 N–H and O–H groups in total. The minimum absolute atomic E-state index is 0.109.